The van der Waals surface area contributed by atoms with Crippen molar-refractivity contribution >= 4 is 17.5 Å². The third-order valence-corrected chi connectivity index (χ3v) is 3.24. The highest BCUT2D eigenvalue weighted by Gasteiger charge is 2.14. The lowest BCUT2D eigenvalue weighted by Gasteiger charge is -2.12. The van der Waals surface area contributed by atoms with Gasteiger partial charge in [0.15, 0.2) is 11.5 Å². The van der Waals surface area contributed by atoms with Crippen molar-refractivity contribution in [3.05, 3.63) is 41.0 Å². The molecule has 0 radical (unpaired) electrons. The monoisotopic (exact) mass is 307 g/mol. The van der Waals surface area contributed by atoms with E-state index >= 15 is 0 Å². The van der Waals surface area contributed by atoms with Gasteiger partial charge in [0.25, 0.3) is 5.91 Å². The number of carbonyl (C=O) groups excluding carboxylic acids is 1. The molecule has 1 aromatic heterocycles. The van der Waals surface area contributed by atoms with Gasteiger partial charge in [-0.05, 0) is 37.7 Å². The fourth-order valence-electron chi connectivity index (χ4n) is 1.89. The number of nitrogens with zero attached hydrogens (tertiary/aromatic N) is 1. The Labute approximate surface area is 128 Å². The maximum absolute atomic E-state index is 12.0. The average Bonchev–Trinajstić information content (AvgIpc) is 2.96. The number of hydrogen-bond donors (Lipinski definition) is 2. The minimum atomic E-state index is -0.247. The molecule has 0 aliphatic rings. The summed E-state index contributed by atoms with van der Waals surface area (Å²) in [5.74, 6) is 0.292. The minimum absolute atomic E-state index is 0.210. The van der Waals surface area contributed by atoms with Gasteiger partial charge in [-0.25, -0.2) is 0 Å². The van der Waals surface area contributed by atoms with E-state index in [4.69, 9.17) is 16.1 Å². The highest BCUT2D eigenvalue weighted by Crippen LogP contribution is 2.22. The van der Waals surface area contributed by atoms with E-state index in [1.807, 2.05) is 26.0 Å². The SMILES string of the molecule is CCN[C@H](C)CNC(=O)c1cc(-c2ccc(Cl)cc2)on1. The van der Waals surface area contributed by atoms with Gasteiger partial charge >= 0.3 is 0 Å². The normalized spacial score (nSPS) is 12.1. The Morgan fingerprint density at radius 2 is 2.10 bits per heavy atom. The van der Waals surface area contributed by atoms with Crippen LogP contribution in [0.2, 0.25) is 5.02 Å². The number of hydrogen-bond acceptors (Lipinski definition) is 4. The molecule has 1 atom stereocenters. The third kappa shape index (κ3) is 4.31. The van der Waals surface area contributed by atoms with Crippen LogP contribution in [-0.4, -0.2) is 30.2 Å². The number of aromatic nitrogens is 1. The van der Waals surface area contributed by atoms with E-state index in [0.29, 0.717) is 17.3 Å². The zero-order valence-electron chi connectivity index (χ0n) is 12.0. The van der Waals surface area contributed by atoms with Gasteiger partial charge in [-0.3, -0.25) is 4.79 Å². The topological polar surface area (TPSA) is 67.2 Å². The third-order valence-electron chi connectivity index (χ3n) is 2.99. The molecule has 6 heteroatoms. The van der Waals surface area contributed by atoms with Crippen molar-refractivity contribution in [3.8, 4) is 11.3 Å². The zero-order chi connectivity index (χ0) is 15.2. The van der Waals surface area contributed by atoms with Gasteiger partial charge in [0.1, 0.15) is 0 Å². The van der Waals surface area contributed by atoms with Crippen LogP contribution in [-0.2, 0) is 0 Å². The molecule has 1 amide bonds. The van der Waals surface area contributed by atoms with Crippen LogP contribution in [0.1, 0.15) is 24.3 Å². The molecule has 1 heterocycles. The highest BCUT2D eigenvalue weighted by atomic mass is 35.5. The second-order valence-electron chi connectivity index (χ2n) is 4.75. The molecule has 0 unspecified atom stereocenters. The summed E-state index contributed by atoms with van der Waals surface area (Å²) in [6.07, 6.45) is 0. The van der Waals surface area contributed by atoms with Crippen LogP contribution >= 0.6 is 11.6 Å². The molecule has 112 valence electrons. The predicted octanol–water partition coefficient (Wildman–Crippen LogP) is 2.72. The summed E-state index contributed by atoms with van der Waals surface area (Å²) < 4.78 is 5.20. The number of likely N-dealkylation sites (N-methyl/N-ethyl adjacent to an activating group) is 1. The van der Waals surface area contributed by atoms with Gasteiger partial charge in [-0.15, -0.1) is 0 Å². The van der Waals surface area contributed by atoms with Gasteiger partial charge < -0.3 is 15.2 Å². The van der Waals surface area contributed by atoms with Crippen molar-refractivity contribution in [2.75, 3.05) is 13.1 Å². The standard InChI is InChI=1S/C15H18ClN3O2/c1-3-17-10(2)9-18-15(20)13-8-14(21-19-13)11-4-6-12(16)7-5-11/h4-8,10,17H,3,9H2,1-2H3,(H,18,20)/t10-/m1/s1. The van der Waals surface area contributed by atoms with Crippen molar-refractivity contribution in [2.24, 2.45) is 0 Å². The lowest BCUT2D eigenvalue weighted by Crippen LogP contribution is -2.38. The van der Waals surface area contributed by atoms with Crippen molar-refractivity contribution in [1.29, 1.82) is 0 Å². The minimum Gasteiger partial charge on any atom is -0.355 e. The van der Waals surface area contributed by atoms with Gasteiger partial charge in [-0.1, -0.05) is 23.7 Å². The lowest BCUT2D eigenvalue weighted by atomic mass is 10.1. The number of halogens is 1. The van der Waals surface area contributed by atoms with Crippen LogP contribution in [0.3, 0.4) is 0 Å². The number of carbonyl (C=O) groups is 1. The molecule has 2 N–H and O–H groups in total. The van der Waals surface area contributed by atoms with Crippen LogP contribution in [0, 0.1) is 0 Å². The summed E-state index contributed by atoms with van der Waals surface area (Å²) in [6.45, 7) is 5.43. The van der Waals surface area contributed by atoms with Crippen molar-refractivity contribution in [3.63, 3.8) is 0 Å². The molecule has 2 aromatic rings. The summed E-state index contributed by atoms with van der Waals surface area (Å²) >= 11 is 5.84. The van der Waals surface area contributed by atoms with E-state index in [1.165, 1.54) is 0 Å². The molecule has 0 saturated carbocycles. The molecule has 0 aliphatic carbocycles. The molecular weight excluding hydrogens is 290 g/mol. The van der Waals surface area contributed by atoms with Crippen molar-refractivity contribution < 1.29 is 9.32 Å². The summed E-state index contributed by atoms with van der Waals surface area (Å²) in [5.41, 5.74) is 1.09. The van der Waals surface area contributed by atoms with Gasteiger partial charge in [-0.2, -0.15) is 0 Å². The zero-order valence-corrected chi connectivity index (χ0v) is 12.8. The second-order valence-corrected chi connectivity index (χ2v) is 5.19. The van der Waals surface area contributed by atoms with E-state index in [9.17, 15) is 4.79 Å². The molecule has 0 fully saturated rings. The molecule has 0 saturated heterocycles. The summed E-state index contributed by atoms with van der Waals surface area (Å²) in [6, 6.07) is 8.99. The molecule has 0 bridgehead atoms. The Kier molecular flexibility index (Phi) is 5.36. The first-order valence-electron chi connectivity index (χ1n) is 6.84. The lowest BCUT2D eigenvalue weighted by molar-refractivity contribution is 0.0941. The van der Waals surface area contributed by atoms with E-state index in [1.54, 1.807) is 18.2 Å². The van der Waals surface area contributed by atoms with E-state index in [0.717, 1.165) is 12.1 Å². The second kappa shape index (κ2) is 7.24. The maximum atomic E-state index is 12.0. The Bertz CT molecular complexity index is 595. The molecule has 21 heavy (non-hydrogen) atoms. The number of benzene rings is 1. The van der Waals surface area contributed by atoms with Crippen molar-refractivity contribution in [2.45, 2.75) is 19.9 Å². The first kappa shape index (κ1) is 15.5. The fraction of sp³-hybridized carbons (Fsp3) is 0.333. The molecular formula is C15H18ClN3O2. The quantitative estimate of drug-likeness (QED) is 0.861. The summed E-state index contributed by atoms with van der Waals surface area (Å²) in [4.78, 5) is 12.0. The number of nitrogens with one attached hydrogen (secondary N) is 2. The van der Waals surface area contributed by atoms with Gasteiger partial charge in [0, 0.05) is 29.2 Å². The summed E-state index contributed by atoms with van der Waals surface area (Å²) in [5, 5.41) is 10.5. The Balaban J connectivity index is 1.99. The number of rotatable bonds is 6. The largest absolute Gasteiger partial charge is 0.355 e. The van der Waals surface area contributed by atoms with Crippen LogP contribution in [0.5, 0.6) is 0 Å². The van der Waals surface area contributed by atoms with Crippen LogP contribution in [0.15, 0.2) is 34.9 Å². The summed E-state index contributed by atoms with van der Waals surface area (Å²) in [7, 11) is 0. The molecule has 1 aromatic carbocycles. The Morgan fingerprint density at radius 1 is 1.38 bits per heavy atom. The van der Waals surface area contributed by atoms with Crippen LogP contribution in [0.4, 0.5) is 0 Å². The Morgan fingerprint density at radius 3 is 2.76 bits per heavy atom. The average molecular weight is 308 g/mol. The predicted molar refractivity (Wildman–Crippen MR) is 82.4 cm³/mol. The highest BCUT2D eigenvalue weighted by molar-refractivity contribution is 6.30. The number of amides is 1. The smallest absolute Gasteiger partial charge is 0.273 e. The maximum Gasteiger partial charge on any atom is 0.273 e. The molecule has 5 nitrogen and oxygen atoms in total. The van der Waals surface area contributed by atoms with E-state index in [2.05, 4.69) is 15.8 Å². The molecule has 2 rings (SSSR count). The molecule has 0 aliphatic heterocycles. The van der Waals surface area contributed by atoms with Gasteiger partial charge in [0.2, 0.25) is 0 Å². The van der Waals surface area contributed by atoms with E-state index in [-0.39, 0.29) is 17.6 Å². The van der Waals surface area contributed by atoms with Gasteiger partial charge in [0.05, 0.1) is 0 Å². The molecule has 0 spiro atoms. The van der Waals surface area contributed by atoms with Crippen LogP contribution in [0.25, 0.3) is 11.3 Å². The van der Waals surface area contributed by atoms with Crippen LogP contribution < -0.4 is 10.6 Å². The Hall–Kier alpha value is -1.85. The first-order valence-corrected chi connectivity index (χ1v) is 7.22. The fourth-order valence-corrected chi connectivity index (χ4v) is 2.02. The van der Waals surface area contributed by atoms with E-state index < -0.39 is 0 Å². The first-order chi connectivity index (χ1) is 10.1. The van der Waals surface area contributed by atoms with Crippen molar-refractivity contribution in [1.82, 2.24) is 15.8 Å².